The molecule has 6 nitrogen and oxygen atoms in total. The summed E-state index contributed by atoms with van der Waals surface area (Å²) in [6.45, 7) is 7.35. The third-order valence-electron chi connectivity index (χ3n) is 5.56. The van der Waals surface area contributed by atoms with Crippen LogP contribution in [0.1, 0.15) is 44.1 Å². The van der Waals surface area contributed by atoms with Crippen molar-refractivity contribution in [2.75, 3.05) is 13.1 Å². The molecule has 1 aliphatic rings. The first-order chi connectivity index (χ1) is 13.9. The van der Waals surface area contributed by atoms with E-state index in [9.17, 15) is 8.42 Å². The van der Waals surface area contributed by atoms with Gasteiger partial charge in [0.25, 0.3) is 0 Å². The maximum atomic E-state index is 13.0. The van der Waals surface area contributed by atoms with Crippen LogP contribution in [0.2, 0.25) is 0 Å². The first-order valence-corrected chi connectivity index (χ1v) is 11.7. The Kier molecular flexibility index (Phi) is 5.44. The molecule has 3 aromatic rings. The van der Waals surface area contributed by atoms with E-state index in [0.717, 1.165) is 41.8 Å². The second-order valence-corrected chi connectivity index (χ2v) is 10.2. The number of sulfonamides is 1. The van der Waals surface area contributed by atoms with Gasteiger partial charge in [-0.3, -0.25) is 0 Å². The fourth-order valence-corrected chi connectivity index (χ4v) is 5.54. The molecule has 0 spiro atoms. The highest BCUT2D eigenvalue weighted by molar-refractivity contribution is 7.89. The van der Waals surface area contributed by atoms with E-state index in [1.165, 1.54) is 0 Å². The highest BCUT2D eigenvalue weighted by Gasteiger charge is 2.31. The van der Waals surface area contributed by atoms with Crippen LogP contribution in [0.5, 0.6) is 0 Å². The average molecular weight is 413 g/mol. The predicted octanol–water partition coefficient (Wildman–Crippen LogP) is 3.96. The van der Waals surface area contributed by atoms with Gasteiger partial charge < -0.3 is 4.57 Å². The Balaban J connectivity index is 1.58. The smallest absolute Gasteiger partial charge is 0.243 e. The van der Waals surface area contributed by atoms with Crippen molar-refractivity contribution in [3.8, 4) is 0 Å². The van der Waals surface area contributed by atoms with Gasteiger partial charge in [-0.25, -0.2) is 18.4 Å². The van der Waals surface area contributed by atoms with Gasteiger partial charge in [0, 0.05) is 31.7 Å². The van der Waals surface area contributed by atoms with Gasteiger partial charge in [0.2, 0.25) is 10.0 Å². The molecule has 1 fully saturated rings. The fourth-order valence-electron chi connectivity index (χ4n) is 4.07. The maximum absolute atomic E-state index is 13.0. The van der Waals surface area contributed by atoms with E-state index in [4.69, 9.17) is 4.98 Å². The summed E-state index contributed by atoms with van der Waals surface area (Å²) in [5.74, 6) is 1.54. The molecular weight excluding hydrogens is 384 g/mol. The second kappa shape index (κ2) is 7.88. The molecule has 2 aromatic heterocycles. The van der Waals surface area contributed by atoms with Crippen LogP contribution in [-0.2, 0) is 16.4 Å². The lowest BCUT2D eigenvalue weighted by Gasteiger charge is -2.32. The average Bonchev–Trinajstić information content (AvgIpc) is 3.05. The molecular formula is C22H28N4O2S. The Morgan fingerprint density at radius 3 is 2.45 bits per heavy atom. The van der Waals surface area contributed by atoms with Crippen LogP contribution in [-0.4, -0.2) is 40.3 Å². The predicted molar refractivity (Wildman–Crippen MR) is 114 cm³/mol. The normalized spacial score (nSPS) is 16.7. The molecule has 0 aliphatic carbocycles. The topological polar surface area (TPSA) is 68.1 Å². The summed E-state index contributed by atoms with van der Waals surface area (Å²) in [5.41, 5.74) is 2.88. The minimum atomic E-state index is -3.45. The molecule has 1 aliphatic heterocycles. The lowest BCUT2D eigenvalue weighted by atomic mass is 10.1. The van der Waals surface area contributed by atoms with E-state index < -0.39 is 10.0 Å². The van der Waals surface area contributed by atoms with Crippen LogP contribution >= 0.6 is 0 Å². The van der Waals surface area contributed by atoms with Crippen molar-refractivity contribution < 1.29 is 8.42 Å². The molecule has 0 atom stereocenters. The summed E-state index contributed by atoms with van der Waals surface area (Å²) in [6.07, 6.45) is 4.21. The zero-order valence-corrected chi connectivity index (χ0v) is 18.1. The molecule has 1 saturated heterocycles. The van der Waals surface area contributed by atoms with Crippen LogP contribution in [0.25, 0.3) is 11.2 Å². The van der Waals surface area contributed by atoms with Crippen molar-refractivity contribution in [3.63, 3.8) is 0 Å². The number of fused-ring (bicyclic) bond motifs is 1. The molecule has 1 aromatic carbocycles. The van der Waals surface area contributed by atoms with Crippen LogP contribution < -0.4 is 0 Å². The summed E-state index contributed by atoms with van der Waals surface area (Å²) in [7, 11) is -3.45. The maximum Gasteiger partial charge on any atom is 0.243 e. The number of benzene rings is 1. The Bertz CT molecular complexity index is 1100. The van der Waals surface area contributed by atoms with Gasteiger partial charge in [0.1, 0.15) is 11.3 Å². The zero-order chi connectivity index (χ0) is 20.6. The third kappa shape index (κ3) is 3.94. The molecule has 29 heavy (non-hydrogen) atoms. The number of nitrogens with zero attached hydrogens (tertiary/aromatic N) is 4. The van der Waals surface area contributed by atoms with E-state index in [1.807, 2.05) is 31.2 Å². The zero-order valence-electron chi connectivity index (χ0n) is 17.2. The molecule has 4 rings (SSSR count). The van der Waals surface area contributed by atoms with Crippen LogP contribution in [0.4, 0.5) is 0 Å². The van der Waals surface area contributed by atoms with Gasteiger partial charge in [-0.15, -0.1) is 0 Å². The van der Waals surface area contributed by atoms with Crippen molar-refractivity contribution in [2.24, 2.45) is 5.92 Å². The van der Waals surface area contributed by atoms with Crippen molar-refractivity contribution in [3.05, 3.63) is 54.0 Å². The summed E-state index contributed by atoms with van der Waals surface area (Å²) in [4.78, 5) is 9.77. The molecule has 154 valence electrons. The quantitative estimate of drug-likeness (QED) is 0.636. The standard InChI is InChI=1S/C22H28N4O2S/c1-16(2)15-21-24-20-5-4-12-23-22(20)26(21)18-10-13-25(14-11-18)29(27,28)19-8-6-17(3)7-9-19/h4-9,12,16,18H,10-11,13-15H2,1-3H3. The van der Waals surface area contributed by atoms with E-state index in [-0.39, 0.29) is 6.04 Å². The van der Waals surface area contributed by atoms with Gasteiger partial charge in [0.15, 0.2) is 5.65 Å². The summed E-state index contributed by atoms with van der Waals surface area (Å²) in [5, 5.41) is 0. The van der Waals surface area contributed by atoms with E-state index >= 15 is 0 Å². The largest absolute Gasteiger partial charge is 0.309 e. The number of hydrogen-bond donors (Lipinski definition) is 0. The summed E-state index contributed by atoms with van der Waals surface area (Å²) in [6, 6.07) is 11.2. The van der Waals surface area contributed by atoms with Gasteiger partial charge in [-0.05, 0) is 49.9 Å². The summed E-state index contributed by atoms with van der Waals surface area (Å²) >= 11 is 0. The SMILES string of the molecule is Cc1ccc(S(=O)(=O)N2CCC(n3c(CC(C)C)nc4cccnc43)CC2)cc1. The minimum Gasteiger partial charge on any atom is -0.309 e. The Hall–Kier alpha value is -2.25. The van der Waals surface area contributed by atoms with Gasteiger partial charge in [-0.1, -0.05) is 31.5 Å². The number of piperidine rings is 1. The highest BCUT2D eigenvalue weighted by Crippen LogP contribution is 2.31. The van der Waals surface area contributed by atoms with Crippen LogP contribution in [0.3, 0.4) is 0 Å². The molecule has 3 heterocycles. The van der Waals surface area contributed by atoms with Crippen molar-refractivity contribution >= 4 is 21.2 Å². The van der Waals surface area contributed by atoms with Crippen molar-refractivity contribution in [2.45, 2.75) is 51.0 Å². The lowest BCUT2D eigenvalue weighted by molar-refractivity contribution is 0.272. The number of pyridine rings is 1. The fraction of sp³-hybridized carbons (Fsp3) is 0.455. The Morgan fingerprint density at radius 1 is 1.10 bits per heavy atom. The Morgan fingerprint density at radius 2 is 1.79 bits per heavy atom. The van der Waals surface area contributed by atoms with Gasteiger partial charge >= 0.3 is 0 Å². The first kappa shape index (κ1) is 20.0. The molecule has 0 N–H and O–H groups in total. The van der Waals surface area contributed by atoms with E-state index in [2.05, 4.69) is 23.4 Å². The number of aryl methyl sites for hydroxylation is 1. The van der Waals surface area contributed by atoms with E-state index in [0.29, 0.717) is 23.9 Å². The molecule has 7 heteroatoms. The number of rotatable bonds is 5. The molecule has 0 radical (unpaired) electrons. The van der Waals surface area contributed by atoms with Crippen LogP contribution in [0.15, 0.2) is 47.5 Å². The molecule has 0 amide bonds. The van der Waals surface area contributed by atoms with Crippen molar-refractivity contribution in [1.29, 1.82) is 0 Å². The lowest BCUT2D eigenvalue weighted by Crippen LogP contribution is -2.39. The van der Waals surface area contributed by atoms with Crippen molar-refractivity contribution in [1.82, 2.24) is 18.8 Å². The molecule has 0 unspecified atom stereocenters. The first-order valence-electron chi connectivity index (χ1n) is 10.2. The summed E-state index contributed by atoms with van der Waals surface area (Å²) < 4.78 is 29.9. The number of imidazole rings is 1. The molecule has 0 bridgehead atoms. The molecule has 0 saturated carbocycles. The third-order valence-corrected chi connectivity index (χ3v) is 7.47. The van der Waals surface area contributed by atoms with Crippen LogP contribution in [0, 0.1) is 12.8 Å². The minimum absolute atomic E-state index is 0.216. The highest BCUT2D eigenvalue weighted by atomic mass is 32.2. The van der Waals surface area contributed by atoms with Gasteiger partial charge in [0.05, 0.1) is 4.90 Å². The van der Waals surface area contributed by atoms with E-state index in [1.54, 1.807) is 22.6 Å². The number of aromatic nitrogens is 3. The second-order valence-electron chi connectivity index (χ2n) is 8.29. The monoisotopic (exact) mass is 412 g/mol. The number of hydrogen-bond acceptors (Lipinski definition) is 4. The van der Waals surface area contributed by atoms with Gasteiger partial charge in [-0.2, -0.15) is 4.31 Å². The Labute approximate surface area is 172 Å².